The van der Waals surface area contributed by atoms with E-state index in [0.29, 0.717) is 18.0 Å². The van der Waals surface area contributed by atoms with E-state index in [2.05, 4.69) is 16.4 Å². The second-order valence-corrected chi connectivity index (χ2v) is 7.63. The highest BCUT2D eigenvalue weighted by atomic mass is 16.5. The Hall–Kier alpha value is -3.34. The van der Waals surface area contributed by atoms with Crippen LogP contribution in [0.5, 0.6) is 11.5 Å². The van der Waals surface area contributed by atoms with Crippen LogP contribution in [0.4, 0.5) is 0 Å². The van der Waals surface area contributed by atoms with Crippen LogP contribution < -0.4 is 14.8 Å². The SMILES string of the molecule is COc1ccc(-c2cc(C)c(C(=O)NCCCCc3cccnc3)c(C)c2)cc1OC. The smallest absolute Gasteiger partial charge is 0.251 e. The van der Waals surface area contributed by atoms with Crippen molar-refractivity contribution < 1.29 is 14.3 Å². The molecule has 1 N–H and O–H groups in total. The average molecular weight is 419 g/mol. The van der Waals surface area contributed by atoms with Gasteiger partial charge in [0.1, 0.15) is 0 Å². The predicted molar refractivity (Wildman–Crippen MR) is 124 cm³/mol. The molecule has 0 aliphatic carbocycles. The normalized spacial score (nSPS) is 10.6. The predicted octanol–water partition coefficient (Wildman–Crippen LogP) is 5.14. The van der Waals surface area contributed by atoms with Gasteiger partial charge in [-0.15, -0.1) is 0 Å². The van der Waals surface area contributed by atoms with E-state index in [1.807, 2.05) is 56.4 Å². The minimum Gasteiger partial charge on any atom is -0.493 e. The Labute approximate surface area is 184 Å². The molecule has 3 rings (SSSR count). The molecular weight excluding hydrogens is 388 g/mol. The molecule has 162 valence electrons. The van der Waals surface area contributed by atoms with Crippen LogP contribution in [-0.2, 0) is 6.42 Å². The van der Waals surface area contributed by atoms with Gasteiger partial charge >= 0.3 is 0 Å². The lowest BCUT2D eigenvalue weighted by molar-refractivity contribution is 0.0952. The second-order valence-electron chi connectivity index (χ2n) is 7.63. The summed E-state index contributed by atoms with van der Waals surface area (Å²) < 4.78 is 10.7. The van der Waals surface area contributed by atoms with Gasteiger partial charge in [-0.1, -0.05) is 24.3 Å². The van der Waals surface area contributed by atoms with Gasteiger partial charge in [-0.2, -0.15) is 0 Å². The van der Waals surface area contributed by atoms with E-state index < -0.39 is 0 Å². The minimum atomic E-state index is -0.0183. The van der Waals surface area contributed by atoms with Crippen molar-refractivity contribution in [1.29, 1.82) is 0 Å². The number of hydrogen-bond acceptors (Lipinski definition) is 4. The highest BCUT2D eigenvalue weighted by molar-refractivity contribution is 5.97. The maximum absolute atomic E-state index is 12.8. The molecule has 0 aliphatic heterocycles. The van der Waals surface area contributed by atoms with E-state index in [1.165, 1.54) is 5.56 Å². The molecular formula is C26H30N2O3. The maximum Gasteiger partial charge on any atom is 0.251 e. The number of unbranched alkanes of at least 4 members (excludes halogenated alkanes) is 1. The average Bonchev–Trinajstić information content (AvgIpc) is 2.78. The van der Waals surface area contributed by atoms with Gasteiger partial charge in [0, 0.05) is 24.5 Å². The lowest BCUT2D eigenvalue weighted by Crippen LogP contribution is -2.26. The van der Waals surface area contributed by atoms with Crippen LogP contribution in [0.25, 0.3) is 11.1 Å². The molecule has 0 saturated carbocycles. The number of carbonyl (C=O) groups is 1. The number of amides is 1. The third-order valence-electron chi connectivity index (χ3n) is 5.38. The van der Waals surface area contributed by atoms with Crippen molar-refractivity contribution in [1.82, 2.24) is 10.3 Å². The first-order valence-electron chi connectivity index (χ1n) is 10.5. The number of aromatic nitrogens is 1. The fourth-order valence-electron chi connectivity index (χ4n) is 3.79. The van der Waals surface area contributed by atoms with Crippen molar-refractivity contribution in [3.05, 3.63) is 77.1 Å². The molecule has 0 fully saturated rings. The number of nitrogens with zero attached hydrogens (tertiary/aromatic N) is 1. The fourth-order valence-corrected chi connectivity index (χ4v) is 3.79. The first-order valence-corrected chi connectivity index (χ1v) is 10.5. The molecule has 0 unspecified atom stereocenters. The van der Waals surface area contributed by atoms with E-state index in [-0.39, 0.29) is 5.91 Å². The highest BCUT2D eigenvalue weighted by Crippen LogP contribution is 2.33. The Morgan fingerprint density at radius 1 is 0.935 bits per heavy atom. The van der Waals surface area contributed by atoms with Crippen LogP contribution in [0.3, 0.4) is 0 Å². The lowest BCUT2D eigenvalue weighted by Gasteiger charge is -2.14. The molecule has 3 aromatic rings. The lowest BCUT2D eigenvalue weighted by atomic mass is 9.95. The summed E-state index contributed by atoms with van der Waals surface area (Å²) in [6, 6.07) is 14.0. The molecule has 0 aliphatic rings. The zero-order valence-electron chi connectivity index (χ0n) is 18.7. The van der Waals surface area contributed by atoms with E-state index >= 15 is 0 Å². The van der Waals surface area contributed by atoms with Gasteiger partial charge in [0.2, 0.25) is 0 Å². The van der Waals surface area contributed by atoms with Gasteiger partial charge in [-0.3, -0.25) is 9.78 Å². The van der Waals surface area contributed by atoms with Crippen LogP contribution in [0, 0.1) is 13.8 Å². The zero-order chi connectivity index (χ0) is 22.2. The summed E-state index contributed by atoms with van der Waals surface area (Å²) in [5.41, 5.74) is 5.95. The number of pyridine rings is 1. The molecule has 0 atom stereocenters. The van der Waals surface area contributed by atoms with E-state index in [4.69, 9.17) is 9.47 Å². The van der Waals surface area contributed by atoms with Crippen molar-refractivity contribution in [2.24, 2.45) is 0 Å². The Kier molecular flexibility index (Phi) is 7.65. The first kappa shape index (κ1) is 22.3. The van der Waals surface area contributed by atoms with Gasteiger partial charge in [0.05, 0.1) is 14.2 Å². The van der Waals surface area contributed by atoms with Crippen molar-refractivity contribution in [3.8, 4) is 22.6 Å². The molecule has 1 aromatic heterocycles. The largest absolute Gasteiger partial charge is 0.493 e. The van der Waals surface area contributed by atoms with Gasteiger partial charge in [0.15, 0.2) is 11.5 Å². The molecule has 31 heavy (non-hydrogen) atoms. The number of carbonyl (C=O) groups excluding carboxylic acids is 1. The molecule has 0 radical (unpaired) electrons. The Morgan fingerprint density at radius 2 is 1.68 bits per heavy atom. The number of benzene rings is 2. The van der Waals surface area contributed by atoms with Crippen LogP contribution in [0.15, 0.2) is 54.9 Å². The molecule has 2 aromatic carbocycles. The number of methoxy groups -OCH3 is 2. The van der Waals surface area contributed by atoms with Crippen molar-refractivity contribution in [2.45, 2.75) is 33.1 Å². The van der Waals surface area contributed by atoms with E-state index in [9.17, 15) is 4.79 Å². The van der Waals surface area contributed by atoms with Crippen molar-refractivity contribution >= 4 is 5.91 Å². The van der Waals surface area contributed by atoms with Gasteiger partial charge in [-0.25, -0.2) is 0 Å². The molecule has 5 nitrogen and oxygen atoms in total. The van der Waals surface area contributed by atoms with E-state index in [0.717, 1.165) is 47.1 Å². The maximum atomic E-state index is 12.8. The number of ether oxygens (including phenoxy) is 2. The third kappa shape index (κ3) is 5.63. The monoisotopic (exact) mass is 418 g/mol. The summed E-state index contributed by atoms with van der Waals surface area (Å²) in [6.45, 7) is 4.62. The topological polar surface area (TPSA) is 60.5 Å². The zero-order valence-corrected chi connectivity index (χ0v) is 18.7. The Bertz CT molecular complexity index is 1010. The van der Waals surface area contributed by atoms with Gasteiger partial charge in [-0.05, 0) is 79.1 Å². The van der Waals surface area contributed by atoms with Gasteiger partial charge in [0.25, 0.3) is 5.91 Å². The molecule has 0 spiro atoms. The highest BCUT2D eigenvalue weighted by Gasteiger charge is 2.15. The Balaban J connectivity index is 1.64. The molecule has 0 bridgehead atoms. The number of rotatable bonds is 9. The minimum absolute atomic E-state index is 0.0183. The van der Waals surface area contributed by atoms with Crippen molar-refractivity contribution in [2.75, 3.05) is 20.8 Å². The van der Waals surface area contributed by atoms with Crippen LogP contribution >= 0.6 is 0 Å². The first-order chi connectivity index (χ1) is 15.0. The molecule has 1 amide bonds. The summed E-state index contributed by atoms with van der Waals surface area (Å²) in [5.74, 6) is 1.36. The second kappa shape index (κ2) is 10.6. The molecule has 1 heterocycles. The summed E-state index contributed by atoms with van der Waals surface area (Å²) in [5, 5.41) is 3.07. The summed E-state index contributed by atoms with van der Waals surface area (Å²) >= 11 is 0. The standard InChI is InChI=1S/C26H30N2O3/c1-18-14-22(21-10-11-23(30-3)24(16-21)31-4)15-19(2)25(18)26(29)28-13-6-5-8-20-9-7-12-27-17-20/h7,9-12,14-17H,5-6,8,13H2,1-4H3,(H,28,29). The van der Waals surface area contributed by atoms with Crippen LogP contribution in [0.1, 0.15) is 39.9 Å². The van der Waals surface area contributed by atoms with Crippen LogP contribution in [0.2, 0.25) is 0 Å². The summed E-state index contributed by atoms with van der Waals surface area (Å²) in [6.07, 6.45) is 6.60. The van der Waals surface area contributed by atoms with Gasteiger partial charge < -0.3 is 14.8 Å². The quantitative estimate of drug-likeness (QED) is 0.489. The number of aryl methyl sites for hydroxylation is 3. The number of nitrogens with one attached hydrogen (secondary N) is 1. The molecule has 5 heteroatoms. The third-order valence-corrected chi connectivity index (χ3v) is 5.38. The van der Waals surface area contributed by atoms with E-state index in [1.54, 1.807) is 20.4 Å². The molecule has 0 saturated heterocycles. The number of hydrogen-bond donors (Lipinski definition) is 1. The fraction of sp³-hybridized carbons (Fsp3) is 0.308. The van der Waals surface area contributed by atoms with Crippen LogP contribution in [-0.4, -0.2) is 31.7 Å². The van der Waals surface area contributed by atoms with Crippen molar-refractivity contribution in [3.63, 3.8) is 0 Å². The summed E-state index contributed by atoms with van der Waals surface area (Å²) in [7, 11) is 3.25. The summed E-state index contributed by atoms with van der Waals surface area (Å²) in [4.78, 5) is 16.9. The Morgan fingerprint density at radius 3 is 2.32 bits per heavy atom.